The topological polar surface area (TPSA) is 186 Å². The molecule has 0 unspecified atom stereocenters. The number of anilines is 2. The SMILES string of the molecule is OCC(CO)Nc1c(F)c(F)c(C2=C3C=CC(=C(c4cccc(O)c4)C4=NC(=C(c5c(F)c(F)c(NC(CO)CO)c(F)c5F)c5ccc([nH]5)C(c5cccc(O)c5)=C5C=CC2=N5)C=C4)C3)c(F)c1F. The summed E-state index contributed by atoms with van der Waals surface area (Å²) in [7, 11) is 0. The van der Waals surface area contributed by atoms with E-state index in [1.165, 1.54) is 85.0 Å². The fourth-order valence-electron chi connectivity index (χ4n) is 8.61. The number of aliphatic hydroxyl groups excluding tert-OH is 4. The van der Waals surface area contributed by atoms with E-state index in [0.717, 1.165) is 0 Å². The Kier molecular flexibility index (Phi) is 12.8. The number of nitrogens with zero attached hydrogens (tertiary/aromatic N) is 2. The molecule has 9 N–H and O–H groups in total. The van der Waals surface area contributed by atoms with Gasteiger partial charge in [-0.2, -0.15) is 0 Å². The van der Waals surface area contributed by atoms with Crippen LogP contribution in [0.3, 0.4) is 0 Å². The van der Waals surface area contributed by atoms with Crippen molar-refractivity contribution in [1.29, 1.82) is 0 Å². The van der Waals surface area contributed by atoms with Crippen molar-refractivity contribution >= 4 is 45.1 Å². The zero-order chi connectivity index (χ0) is 49.7. The smallest absolute Gasteiger partial charge is 0.185 e. The van der Waals surface area contributed by atoms with Crippen LogP contribution in [-0.2, 0) is 0 Å². The lowest BCUT2D eigenvalue weighted by Crippen LogP contribution is -2.29. The molecule has 19 heteroatoms. The zero-order valence-electron chi connectivity index (χ0n) is 36.0. The molecule has 0 saturated heterocycles. The second kappa shape index (κ2) is 18.9. The molecule has 11 nitrogen and oxygen atoms in total. The van der Waals surface area contributed by atoms with Crippen LogP contribution >= 0.6 is 0 Å². The minimum absolute atomic E-state index is 0.00800. The number of aliphatic imine (C=N–C) groups is 2. The van der Waals surface area contributed by atoms with E-state index in [9.17, 15) is 30.6 Å². The third kappa shape index (κ3) is 8.21. The highest BCUT2D eigenvalue weighted by Crippen LogP contribution is 2.45. The van der Waals surface area contributed by atoms with Crippen LogP contribution in [0.1, 0.15) is 40.1 Å². The number of aromatic nitrogens is 1. The van der Waals surface area contributed by atoms with Gasteiger partial charge in [0, 0.05) is 33.7 Å². The third-order valence-corrected chi connectivity index (χ3v) is 11.9. The number of phenolic OH excluding ortho intramolecular Hbond substituents is 2. The summed E-state index contributed by atoms with van der Waals surface area (Å²) in [4.78, 5) is 12.5. The third-order valence-electron chi connectivity index (χ3n) is 11.9. The first kappa shape index (κ1) is 47.2. The van der Waals surface area contributed by atoms with Gasteiger partial charge in [-0.05, 0) is 89.4 Å². The molecule has 5 aromatic rings. The number of rotatable bonds is 12. The van der Waals surface area contributed by atoms with Gasteiger partial charge in [0.25, 0.3) is 0 Å². The first-order valence-corrected chi connectivity index (χ1v) is 21.3. The van der Waals surface area contributed by atoms with Crippen LogP contribution in [0, 0.1) is 46.5 Å². The van der Waals surface area contributed by atoms with Crippen molar-refractivity contribution in [2.24, 2.45) is 9.98 Å². The van der Waals surface area contributed by atoms with Crippen molar-refractivity contribution in [2.75, 3.05) is 37.1 Å². The molecule has 8 bridgehead atoms. The lowest BCUT2D eigenvalue weighted by molar-refractivity contribution is 0.203. The Balaban J connectivity index is 1.37. The number of halogens is 8. The summed E-state index contributed by atoms with van der Waals surface area (Å²) in [6.07, 6.45) is 8.07. The second-order valence-corrected chi connectivity index (χ2v) is 16.3. The van der Waals surface area contributed by atoms with Gasteiger partial charge in [-0.25, -0.2) is 45.1 Å². The average Bonchev–Trinajstić information content (AvgIpc) is 4.21. The fourth-order valence-corrected chi connectivity index (χ4v) is 8.61. The van der Waals surface area contributed by atoms with Crippen LogP contribution in [0.25, 0.3) is 22.3 Å². The van der Waals surface area contributed by atoms with Crippen molar-refractivity contribution in [2.45, 2.75) is 18.5 Å². The molecule has 3 aliphatic heterocycles. The minimum Gasteiger partial charge on any atom is -0.508 e. The molecule has 9 rings (SSSR count). The molecule has 0 atom stereocenters. The fraction of sp³-hybridized carbons (Fsp3) is 0.137. The summed E-state index contributed by atoms with van der Waals surface area (Å²) in [6.45, 7) is -3.43. The van der Waals surface area contributed by atoms with E-state index >= 15 is 35.1 Å². The summed E-state index contributed by atoms with van der Waals surface area (Å²) in [5.41, 5.74) is -5.16. The van der Waals surface area contributed by atoms with Gasteiger partial charge in [0.1, 0.15) is 22.9 Å². The van der Waals surface area contributed by atoms with Gasteiger partial charge in [-0.3, -0.25) is 0 Å². The Morgan fingerprint density at radius 3 is 1.33 bits per heavy atom. The molecule has 1 aliphatic carbocycles. The number of fused-ring (bicyclic) bond motifs is 6. The molecule has 4 aromatic carbocycles. The number of phenols is 2. The van der Waals surface area contributed by atoms with Crippen molar-refractivity contribution in [3.63, 3.8) is 0 Å². The summed E-state index contributed by atoms with van der Waals surface area (Å²) in [6, 6.07) is 11.4. The van der Waals surface area contributed by atoms with Crippen LogP contribution in [0.2, 0.25) is 0 Å². The molecule has 4 heterocycles. The highest BCUT2D eigenvalue weighted by Gasteiger charge is 2.36. The monoisotopic (exact) mass is 967 g/mol. The van der Waals surface area contributed by atoms with E-state index in [2.05, 4.69) is 15.6 Å². The summed E-state index contributed by atoms with van der Waals surface area (Å²) in [5, 5.41) is 63.8. The number of hydrogen-bond acceptors (Lipinski definition) is 10. The largest absolute Gasteiger partial charge is 0.508 e. The maximum absolute atomic E-state index is 16.6. The normalized spacial score (nSPS) is 15.5. The second-order valence-electron chi connectivity index (χ2n) is 16.3. The number of aromatic amines is 1. The summed E-state index contributed by atoms with van der Waals surface area (Å²) < 4.78 is 131. The number of benzene rings is 4. The number of aliphatic hydroxyl groups is 4. The van der Waals surface area contributed by atoms with Gasteiger partial charge in [-0.15, -0.1) is 0 Å². The van der Waals surface area contributed by atoms with Gasteiger partial charge in [0.05, 0.1) is 72.5 Å². The minimum atomic E-state index is -1.90. The summed E-state index contributed by atoms with van der Waals surface area (Å²) in [5.74, 6) is -15.5. The van der Waals surface area contributed by atoms with Gasteiger partial charge in [0.15, 0.2) is 46.5 Å². The van der Waals surface area contributed by atoms with E-state index in [0.29, 0.717) is 5.57 Å². The van der Waals surface area contributed by atoms with Crippen molar-refractivity contribution in [1.82, 2.24) is 4.98 Å². The van der Waals surface area contributed by atoms with E-state index < -0.39 is 119 Å². The lowest BCUT2D eigenvalue weighted by Gasteiger charge is -2.20. The molecule has 0 spiro atoms. The molecular weight excluding hydrogens is 931 g/mol. The molecule has 1 aromatic heterocycles. The maximum atomic E-state index is 16.6. The molecule has 358 valence electrons. The average molecular weight is 968 g/mol. The van der Waals surface area contributed by atoms with E-state index in [4.69, 9.17) is 9.98 Å². The molecule has 0 fully saturated rings. The Morgan fingerprint density at radius 1 is 0.471 bits per heavy atom. The van der Waals surface area contributed by atoms with Gasteiger partial charge in [-0.1, -0.05) is 36.4 Å². The van der Waals surface area contributed by atoms with Crippen LogP contribution in [-0.4, -0.2) is 85.6 Å². The van der Waals surface area contributed by atoms with Gasteiger partial charge < -0.3 is 46.3 Å². The molecular formula is C51H37F8N5O6. The number of H-pyrrole nitrogens is 1. The predicted octanol–water partition coefficient (Wildman–Crippen LogP) is 8.49. The first-order chi connectivity index (χ1) is 33.7. The molecule has 4 aliphatic rings. The van der Waals surface area contributed by atoms with E-state index in [-0.39, 0.29) is 80.0 Å². The first-order valence-electron chi connectivity index (χ1n) is 21.3. The van der Waals surface area contributed by atoms with E-state index in [1.54, 1.807) is 12.1 Å². The number of hydrogen-bond donors (Lipinski definition) is 9. The molecule has 0 radical (unpaired) electrons. The Bertz CT molecular complexity index is 3260. The number of aromatic hydroxyl groups is 2. The van der Waals surface area contributed by atoms with Crippen LogP contribution in [0.15, 0.2) is 130 Å². The van der Waals surface area contributed by atoms with Crippen LogP contribution in [0.5, 0.6) is 11.5 Å². The molecule has 0 amide bonds. The Hall–Kier alpha value is -7.84. The summed E-state index contributed by atoms with van der Waals surface area (Å²) >= 11 is 0. The number of allylic oxidation sites excluding steroid dienone is 10. The van der Waals surface area contributed by atoms with Crippen LogP contribution < -0.4 is 10.6 Å². The maximum Gasteiger partial charge on any atom is 0.185 e. The Labute approximate surface area is 391 Å². The van der Waals surface area contributed by atoms with Crippen LogP contribution in [0.4, 0.5) is 46.5 Å². The zero-order valence-corrected chi connectivity index (χ0v) is 36.0. The highest BCUT2D eigenvalue weighted by atomic mass is 19.2. The number of nitrogens with one attached hydrogen (secondary N) is 3. The van der Waals surface area contributed by atoms with Crippen molar-refractivity contribution in [3.8, 4) is 11.5 Å². The Morgan fingerprint density at radius 2 is 0.871 bits per heavy atom. The van der Waals surface area contributed by atoms with Crippen molar-refractivity contribution < 1.29 is 65.8 Å². The molecule has 70 heavy (non-hydrogen) atoms. The predicted molar refractivity (Wildman–Crippen MR) is 246 cm³/mol. The quantitative estimate of drug-likeness (QED) is 0.0440. The molecule has 0 saturated carbocycles. The lowest BCUT2D eigenvalue weighted by atomic mass is 9.90. The standard InChI is InChI=1S/C51H37F8N5O6/c52-42-40(43(53)47(57)50(46(42)56)60-26(18-65)19-66)38-25-8-7-24(15-25)36(22-3-1-5-28(69)16-22)30-9-13-34(62-30)39(41-44(54)48(58)51(49(59)45(41)55)61-27(20-67)21-68)35-14-11-32(64-35)37(31-10-12-33(38)63-31)23-4-2-6-29(70)17-23/h1-14,16-17,26-27,60-61,64-70H,15,18-21H2. The highest BCUT2D eigenvalue weighted by molar-refractivity contribution is 6.34. The van der Waals surface area contributed by atoms with E-state index in [1.807, 2.05) is 0 Å². The van der Waals surface area contributed by atoms with Gasteiger partial charge in [0.2, 0.25) is 0 Å². The van der Waals surface area contributed by atoms with Crippen molar-refractivity contribution in [3.05, 3.63) is 200 Å². The van der Waals surface area contributed by atoms with Gasteiger partial charge >= 0.3 is 0 Å².